The van der Waals surface area contributed by atoms with Crippen molar-refractivity contribution in [2.75, 3.05) is 6.54 Å². The molecule has 1 aliphatic carbocycles. The number of aryl methyl sites for hydroxylation is 2. The zero-order valence-electron chi connectivity index (χ0n) is 18.1. The molecule has 4 rings (SSSR count). The van der Waals surface area contributed by atoms with Crippen LogP contribution in [0.25, 0.3) is 5.69 Å². The van der Waals surface area contributed by atoms with Gasteiger partial charge in [0.1, 0.15) is 17.4 Å². The Hall–Kier alpha value is -3.03. The molecule has 1 aromatic carbocycles. The normalized spacial score (nSPS) is 18.1. The number of nitrogens with one attached hydrogen (secondary N) is 1. The molecule has 2 aromatic heterocycles. The first-order valence-corrected chi connectivity index (χ1v) is 11.3. The summed E-state index contributed by atoms with van der Waals surface area (Å²) in [5.41, 5.74) is 3.47. The van der Waals surface area contributed by atoms with Crippen molar-refractivity contribution in [1.29, 1.82) is 0 Å². The molecule has 1 amide bonds. The van der Waals surface area contributed by atoms with Gasteiger partial charge in [0.15, 0.2) is 5.78 Å². The zero-order chi connectivity index (χ0) is 23.7. The van der Waals surface area contributed by atoms with Gasteiger partial charge in [0.05, 0.1) is 16.9 Å². The second-order valence-corrected chi connectivity index (χ2v) is 9.08. The summed E-state index contributed by atoms with van der Waals surface area (Å²) in [6.07, 6.45) is 5.26. The van der Waals surface area contributed by atoms with E-state index in [9.17, 15) is 14.4 Å². The molecule has 1 aliphatic rings. The quantitative estimate of drug-likeness (QED) is 0.527. The summed E-state index contributed by atoms with van der Waals surface area (Å²) in [6.45, 7) is 4.05. The lowest BCUT2D eigenvalue weighted by molar-refractivity contribution is -0.124. The van der Waals surface area contributed by atoms with Gasteiger partial charge in [0, 0.05) is 36.3 Å². The molecule has 1 N–H and O–H groups in total. The highest BCUT2D eigenvalue weighted by molar-refractivity contribution is 6.31. The van der Waals surface area contributed by atoms with E-state index < -0.39 is 11.8 Å². The van der Waals surface area contributed by atoms with Crippen LogP contribution >= 0.6 is 23.2 Å². The first-order valence-electron chi connectivity index (χ1n) is 10.5. The number of hydrogen-bond acceptors (Lipinski definition) is 5. The first-order chi connectivity index (χ1) is 15.7. The van der Waals surface area contributed by atoms with E-state index in [1.54, 1.807) is 23.1 Å². The zero-order valence-corrected chi connectivity index (χ0v) is 19.7. The summed E-state index contributed by atoms with van der Waals surface area (Å²) in [7, 11) is 0. The molecule has 1 saturated carbocycles. The molecular weight excluding hydrogens is 463 g/mol. The minimum atomic E-state index is -0.782. The van der Waals surface area contributed by atoms with Gasteiger partial charge in [0.2, 0.25) is 0 Å². The Morgan fingerprint density at radius 2 is 1.88 bits per heavy atom. The van der Waals surface area contributed by atoms with Crippen molar-refractivity contribution in [2.24, 2.45) is 5.92 Å². The van der Waals surface area contributed by atoms with Crippen LogP contribution in [0.2, 0.25) is 10.0 Å². The van der Waals surface area contributed by atoms with Crippen LogP contribution in [0.4, 0.5) is 0 Å². The van der Waals surface area contributed by atoms with Crippen molar-refractivity contribution in [3.05, 3.63) is 75.3 Å². The highest BCUT2D eigenvalue weighted by Gasteiger charge is 2.42. The third-order valence-electron chi connectivity index (χ3n) is 5.87. The lowest BCUT2D eigenvalue weighted by Crippen LogP contribution is -2.28. The topological polar surface area (TPSA) is 93.9 Å². The first kappa shape index (κ1) is 23.1. The predicted octanol–water partition coefficient (Wildman–Crippen LogP) is 4.25. The minimum Gasteiger partial charge on any atom is -0.351 e. The van der Waals surface area contributed by atoms with Crippen LogP contribution in [-0.4, -0.2) is 38.8 Å². The fourth-order valence-electron chi connectivity index (χ4n) is 4.36. The number of carbonyl (C=O) groups excluding carboxylic acids is 3. The van der Waals surface area contributed by atoms with Gasteiger partial charge in [-0.05, 0) is 61.2 Å². The Morgan fingerprint density at radius 1 is 1.15 bits per heavy atom. The van der Waals surface area contributed by atoms with Crippen LogP contribution in [-0.2, 0) is 9.59 Å². The molecule has 3 aromatic rings. The van der Waals surface area contributed by atoms with Gasteiger partial charge in [-0.15, -0.1) is 0 Å². The van der Waals surface area contributed by atoms with Crippen molar-refractivity contribution in [3.8, 4) is 5.69 Å². The SMILES string of the molecule is Cc1cc(-n2cc(Cl)cn2)cc(C)c1C1C(=O)CC(CCNC(=O)c2cc(Cl)ccn2)C1=O. The highest BCUT2D eigenvalue weighted by atomic mass is 35.5. The predicted molar refractivity (Wildman–Crippen MR) is 125 cm³/mol. The summed E-state index contributed by atoms with van der Waals surface area (Å²) in [5, 5.41) is 7.91. The second kappa shape index (κ2) is 9.45. The second-order valence-electron chi connectivity index (χ2n) is 8.20. The molecule has 9 heteroatoms. The van der Waals surface area contributed by atoms with E-state index in [4.69, 9.17) is 23.2 Å². The third kappa shape index (κ3) is 4.84. The van der Waals surface area contributed by atoms with Gasteiger partial charge in [-0.2, -0.15) is 5.10 Å². The Bertz CT molecular complexity index is 1230. The van der Waals surface area contributed by atoms with Gasteiger partial charge >= 0.3 is 0 Å². The van der Waals surface area contributed by atoms with E-state index in [2.05, 4.69) is 15.4 Å². The lowest BCUT2D eigenvalue weighted by Gasteiger charge is -2.17. The van der Waals surface area contributed by atoms with E-state index in [1.807, 2.05) is 26.0 Å². The highest BCUT2D eigenvalue weighted by Crippen LogP contribution is 2.37. The van der Waals surface area contributed by atoms with Gasteiger partial charge < -0.3 is 5.32 Å². The monoisotopic (exact) mass is 484 g/mol. The Kier molecular flexibility index (Phi) is 6.63. The van der Waals surface area contributed by atoms with Crippen molar-refractivity contribution >= 4 is 40.7 Å². The number of amides is 1. The maximum atomic E-state index is 13.2. The summed E-state index contributed by atoms with van der Waals surface area (Å²) < 4.78 is 1.66. The molecule has 0 radical (unpaired) electrons. The number of pyridine rings is 1. The smallest absolute Gasteiger partial charge is 0.269 e. The largest absolute Gasteiger partial charge is 0.351 e. The number of Topliss-reactive ketones (excluding diaryl/α,β-unsaturated/α-hetero) is 2. The van der Waals surface area contributed by atoms with Crippen molar-refractivity contribution in [2.45, 2.75) is 32.6 Å². The average Bonchev–Trinajstić information content (AvgIpc) is 3.31. The fraction of sp³-hybridized carbons (Fsp3) is 0.292. The van der Waals surface area contributed by atoms with Gasteiger partial charge in [-0.3, -0.25) is 19.4 Å². The summed E-state index contributed by atoms with van der Waals surface area (Å²) >= 11 is 11.9. The van der Waals surface area contributed by atoms with Crippen molar-refractivity contribution in [1.82, 2.24) is 20.1 Å². The molecule has 0 bridgehead atoms. The number of aromatic nitrogens is 3. The molecule has 7 nitrogen and oxygen atoms in total. The van der Waals surface area contributed by atoms with Gasteiger partial charge in [-0.25, -0.2) is 4.68 Å². The van der Waals surface area contributed by atoms with Gasteiger partial charge in [-0.1, -0.05) is 23.2 Å². The van der Waals surface area contributed by atoms with Crippen molar-refractivity contribution < 1.29 is 14.4 Å². The van der Waals surface area contributed by atoms with Crippen LogP contribution in [0.3, 0.4) is 0 Å². The third-order valence-corrected chi connectivity index (χ3v) is 6.30. The number of ketones is 2. The molecule has 2 heterocycles. The number of halogens is 2. The molecule has 0 aliphatic heterocycles. The molecular formula is C24H22Cl2N4O3. The number of hydrogen-bond donors (Lipinski definition) is 1. The van der Waals surface area contributed by atoms with Crippen LogP contribution in [0.5, 0.6) is 0 Å². The van der Waals surface area contributed by atoms with E-state index in [0.29, 0.717) is 16.5 Å². The van der Waals surface area contributed by atoms with Crippen molar-refractivity contribution in [3.63, 3.8) is 0 Å². The molecule has 0 spiro atoms. The standard InChI is InChI=1S/C24H22Cl2N4O3/c1-13-7-18(30-12-17(26)11-29-30)8-14(2)21(13)22-20(31)9-15(23(22)32)3-5-28-24(33)19-10-16(25)4-6-27-19/h4,6-8,10-12,15,22H,3,5,9H2,1-2H3,(H,28,33). The molecule has 2 atom stereocenters. The van der Waals surface area contributed by atoms with E-state index in [1.165, 1.54) is 12.3 Å². The van der Waals surface area contributed by atoms with E-state index in [-0.39, 0.29) is 36.1 Å². The maximum absolute atomic E-state index is 13.2. The van der Waals surface area contributed by atoms with Crippen LogP contribution < -0.4 is 5.32 Å². The lowest BCUT2D eigenvalue weighted by atomic mass is 9.87. The number of carbonyl (C=O) groups is 3. The molecule has 170 valence electrons. The fourth-order valence-corrected chi connectivity index (χ4v) is 4.66. The average molecular weight is 485 g/mol. The van der Waals surface area contributed by atoms with E-state index in [0.717, 1.165) is 22.4 Å². The Morgan fingerprint density at radius 3 is 2.52 bits per heavy atom. The van der Waals surface area contributed by atoms with Crippen LogP contribution in [0.15, 0.2) is 42.9 Å². The number of nitrogens with zero attached hydrogens (tertiary/aromatic N) is 3. The molecule has 33 heavy (non-hydrogen) atoms. The number of benzene rings is 1. The maximum Gasteiger partial charge on any atom is 0.269 e. The molecule has 0 saturated heterocycles. The van der Waals surface area contributed by atoms with E-state index >= 15 is 0 Å². The minimum absolute atomic E-state index is 0.0890. The number of rotatable bonds is 6. The summed E-state index contributed by atoms with van der Waals surface area (Å²) in [5.74, 6) is -1.77. The Labute approximate surface area is 201 Å². The Balaban J connectivity index is 1.45. The van der Waals surface area contributed by atoms with Crippen LogP contribution in [0.1, 0.15) is 45.9 Å². The summed E-state index contributed by atoms with van der Waals surface area (Å²) in [6, 6.07) is 6.86. The van der Waals surface area contributed by atoms with Gasteiger partial charge in [0.25, 0.3) is 5.91 Å². The molecule has 1 fully saturated rings. The molecule has 2 unspecified atom stereocenters. The van der Waals surface area contributed by atoms with Crippen LogP contribution in [0, 0.1) is 19.8 Å². The summed E-state index contributed by atoms with van der Waals surface area (Å²) in [4.78, 5) is 42.2.